The number of rotatable bonds is 7. The minimum Gasteiger partial charge on any atom is -0.485 e. The fraction of sp³-hybridized carbons (Fsp3) is 0.167. The standard InChI is InChI=1S/C24H22ClN3O3/c1-16-5-3-6-17(2)23(16)30-15-21-9-10-22(31-21)24(29)27-20-8-4-7-18(11-20)13-28-14-19(25)12-26-28/h3-12,14H,13,15H2,1-2H3,(H,27,29). The van der Waals surface area contributed by atoms with Crippen molar-refractivity contribution in [2.75, 3.05) is 5.32 Å². The molecule has 0 radical (unpaired) electrons. The summed E-state index contributed by atoms with van der Waals surface area (Å²) in [7, 11) is 0. The van der Waals surface area contributed by atoms with Gasteiger partial charge in [-0.1, -0.05) is 41.9 Å². The van der Waals surface area contributed by atoms with Crippen LogP contribution in [0.25, 0.3) is 0 Å². The molecule has 2 heterocycles. The van der Waals surface area contributed by atoms with Gasteiger partial charge in [-0.2, -0.15) is 5.10 Å². The van der Waals surface area contributed by atoms with Crippen molar-refractivity contribution in [3.63, 3.8) is 0 Å². The molecule has 0 aliphatic carbocycles. The number of nitrogens with one attached hydrogen (secondary N) is 1. The van der Waals surface area contributed by atoms with Crippen LogP contribution in [0.3, 0.4) is 0 Å². The molecule has 0 spiro atoms. The molecular weight excluding hydrogens is 414 g/mol. The number of carbonyl (C=O) groups excluding carboxylic acids is 1. The first kappa shape index (κ1) is 20.8. The molecule has 0 saturated heterocycles. The van der Waals surface area contributed by atoms with Crippen LogP contribution in [0.2, 0.25) is 5.02 Å². The van der Waals surface area contributed by atoms with E-state index in [1.807, 2.05) is 56.3 Å². The lowest BCUT2D eigenvalue weighted by Gasteiger charge is -2.10. The van der Waals surface area contributed by atoms with Gasteiger partial charge in [-0.15, -0.1) is 0 Å². The van der Waals surface area contributed by atoms with Gasteiger partial charge in [0.1, 0.15) is 18.1 Å². The maximum atomic E-state index is 12.6. The highest BCUT2D eigenvalue weighted by Gasteiger charge is 2.13. The maximum absolute atomic E-state index is 12.6. The molecular formula is C24H22ClN3O3. The number of halogens is 1. The molecule has 0 fully saturated rings. The van der Waals surface area contributed by atoms with E-state index in [1.54, 1.807) is 29.2 Å². The van der Waals surface area contributed by atoms with Crippen molar-refractivity contribution in [2.24, 2.45) is 0 Å². The van der Waals surface area contributed by atoms with Crippen LogP contribution in [0.1, 0.15) is 33.0 Å². The molecule has 2 aromatic carbocycles. The maximum Gasteiger partial charge on any atom is 0.291 e. The number of hydrogen-bond donors (Lipinski definition) is 1. The predicted octanol–water partition coefficient (Wildman–Crippen LogP) is 5.63. The van der Waals surface area contributed by atoms with E-state index in [9.17, 15) is 4.79 Å². The molecule has 6 nitrogen and oxygen atoms in total. The van der Waals surface area contributed by atoms with E-state index in [-0.39, 0.29) is 18.3 Å². The Hall–Kier alpha value is -3.51. The molecule has 4 aromatic rings. The predicted molar refractivity (Wildman–Crippen MR) is 120 cm³/mol. The summed E-state index contributed by atoms with van der Waals surface area (Å²) in [5.74, 6) is 1.32. The summed E-state index contributed by atoms with van der Waals surface area (Å²) in [6, 6.07) is 16.9. The highest BCUT2D eigenvalue weighted by molar-refractivity contribution is 6.30. The van der Waals surface area contributed by atoms with E-state index in [2.05, 4.69) is 10.4 Å². The van der Waals surface area contributed by atoms with Crippen LogP contribution in [-0.2, 0) is 13.2 Å². The molecule has 4 rings (SSSR count). The number of aromatic nitrogens is 2. The number of para-hydroxylation sites is 1. The van der Waals surface area contributed by atoms with Gasteiger partial charge in [-0.25, -0.2) is 0 Å². The fourth-order valence-corrected chi connectivity index (χ4v) is 3.46. The van der Waals surface area contributed by atoms with Crippen LogP contribution in [0.5, 0.6) is 5.75 Å². The first-order valence-electron chi connectivity index (χ1n) is 9.84. The summed E-state index contributed by atoms with van der Waals surface area (Å²) in [6.07, 6.45) is 3.34. The minimum absolute atomic E-state index is 0.226. The molecule has 158 valence electrons. The number of nitrogens with zero attached hydrogens (tertiary/aromatic N) is 2. The third kappa shape index (κ3) is 5.16. The number of anilines is 1. The van der Waals surface area contributed by atoms with E-state index in [0.717, 1.165) is 22.4 Å². The summed E-state index contributed by atoms with van der Waals surface area (Å²) in [5.41, 5.74) is 3.77. The number of furan rings is 1. The second-order valence-electron chi connectivity index (χ2n) is 7.29. The summed E-state index contributed by atoms with van der Waals surface area (Å²) in [5, 5.41) is 7.62. The van der Waals surface area contributed by atoms with Gasteiger partial charge in [0.25, 0.3) is 5.91 Å². The third-order valence-corrected chi connectivity index (χ3v) is 4.98. The Kier molecular flexibility index (Phi) is 6.09. The zero-order chi connectivity index (χ0) is 21.8. The van der Waals surface area contributed by atoms with Crippen molar-refractivity contribution in [2.45, 2.75) is 27.0 Å². The van der Waals surface area contributed by atoms with Crippen molar-refractivity contribution in [3.8, 4) is 5.75 Å². The first-order chi connectivity index (χ1) is 15.0. The van der Waals surface area contributed by atoms with Gasteiger partial charge in [0.05, 0.1) is 17.8 Å². The van der Waals surface area contributed by atoms with Gasteiger partial charge < -0.3 is 14.5 Å². The second kappa shape index (κ2) is 9.10. The van der Waals surface area contributed by atoms with E-state index >= 15 is 0 Å². The normalized spacial score (nSPS) is 10.8. The Morgan fingerprint density at radius 1 is 1.13 bits per heavy atom. The van der Waals surface area contributed by atoms with Crippen LogP contribution < -0.4 is 10.1 Å². The van der Waals surface area contributed by atoms with Gasteiger partial charge in [-0.05, 0) is 54.8 Å². The average molecular weight is 436 g/mol. The Morgan fingerprint density at radius 2 is 1.90 bits per heavy atom. The van der Waals surface area contributed by atoms with Crippen molar-refractivity contribution in [1.82, 2.24) is 9.78 Å². The molecule has 31 heavy (non-hydrogen) atoms. The summed E-state index contributed by atoms with van der Waals surface area (Å²) < 4.78 is 13.3. The number of carbonyl (C=O) groups is 1. The van der Waals surface area contributed by atoms with Gasteiger partial charge in [0, 0.05) is 11.9 Å². The van der Waals surface area contributed by atoms with E-state index < -0.39 is 0 Å². The third-order valence-electron chi connectivity index (χ3n) is 4.78. The molecule has 1 amide bonds. The van der Waals surface area contributed by atoms with Crippen molar-refractivity contribution < 1.29 is 13.9 Å². The van der Waals surface area contributed by atoms with Crippen molar-refractivity contribution in [3.05, 3.63) is 100 Å². The van der Waals surface area contributed by atoms with Gasteiger partial charge in [0.2, 0.25) is 0 Å². The Bertz CT molecular complexity index is 1190. The average Bonchev–Trinajstić information content (AvgIpc) is 3.37. The second-order valence-corrected chi connectivity index (χ2v) is 7.72. The number of aryl methyl sites for hydroxylation is 2. The molecule has 0 saturated carbocycles. The zero-order valence-electron chi connectivity index (χ0n) is 17.3. The Labute approximate surface area is 185 Å². The van der Waals surface area contributed by atoms with Crippen LogP contribution in [0.15, 0.2) is 71.4 Å². The molecule has 0 atom stereocenters. The SMILES string of the molecule is Cc1cccc(C)c1OCc1ccc(C(=O)Nc2cccc(Cn3cc(Cl)cn3)c2)o1. The van der Waals surface area contributed by atoms with Gasteiger partial charge in [0.15, 0.2) is 5.76 Å². The molecule has 0 aliphatic heterocycles. The smallest absolute Gasteiger partial charge is 0.291 e. The number of ether oxygens (including phenoxy) is 1. The lowest BCUT2D eigenvalue weighted by Crippen LogP contribution is -2.11. The van der Waals surface area contributed by atoms with Gasteiger partial charge in [-0.3, -0.25) is 9.48 Å². The van der Waals surface area contributed by atoms with Crippen molar-refractivity contribution >= 4 is 23.2 Å². The zero-order valence-corrected chi connectivity index (χ0v) is 18.0. The monoisotopic (exact) mass is 435 g/mol. The number of amides is 1. The Balaban J connectivity index is 1.38. The Morgan fingerprint density at radius 3 is 2.65 bits per heavy atom. The fourth-order valence-electron chi connectivity index (χ4n) is 3.30. The highest BCUT2D eigenvalue weighted by Crippen LogP contribution is 2.24. The molecule has 0 aliphatic rings. The summed E-state index contributed by atoms with van der Waals surface area (Å²) >= 11 is 5.91. The van der Waals surface area contributed by atoms with E-state index in [0.29, 0.717) is 23.0 Å². The molecule has 0 unspecified atom stereocenters. The topological polar surface area (TPSA) is 69.3 Å². The van der Waals surface area contributed by atoms with Gasteiger partial charge >= 0.3 is 0 Å². The molecule has 1 N–H and O–H groups in total. The first-order valence-corrected chi connectivity index (χ1v) is 10.2. The van der Waals surface area contributed by atoms with Crippen LogP contribution in [0.4, 0.5) is 5.69 Å². The number of hydrogen-bond acceptors (Lipinski definition) is 4. The minimum atomic E-state index is -0.322. The lowest BCUT2D eigenvalue weighted by molar-refractivity contribution is 0.0992. The van der Waals surface area contributed by atoms with Crippen molar-refractivity contribution in [1.29, 1.82) is 0 Å². The molecule has 7 heteroatoms. The van der Waals surface area contributed by atoms with Crippen LogP contribution in [0, 0.1) is 13.8 Å². The van der Waals surface area contributed by atoms with E-state index in [4.69, 9.17) is 20.8 Å². The van der Waals surface area contributed by atoms with Crippen LogP contribution >= 0.6 is 11.6 Å². The summed E-state index contributed by atoms with van der Waals surface area (Å²) in [4.78, 5) is 12.6. The largest absolute Gasteiger partial charge is 0.485 e. The van der Waals surface area contributed by atoms with Crippen LogP contribution in [-0.4, -0.2) is 15.7 Å². The van der Waals surface area contributed by atoms with E-state index in [1.165, 1.54) is 0 Å². The molecule has 2 aromatic heterocycles. The number of benzene rings is 2. The lowest BCUT2D eigenvalue weighted by atomic mass is 10.1. The summed E-state index contributed by atoms with van der Waals surface area (Å²) in [6.45, 7) is 4.80. The quantitative estimate of drug-likeness (QED) is 0.408. The highest BCUT2D eigenvalue weighted by atomic mass is 35.5. The molecule has 0 bridgehead atoms.